The minimum atomic E-state index is -2.90. The van der Waals surface area contributed by atoms with E-state index >= 15 is 0 Å². The zero-order chi connectivity index (χ0) is 21.8. The lowest BCUT2D eigenvalue weighted by Crippen LogP contribution is -2.48. The summed E-state index contributed by atoms with van der Waals surface area (Å²) in [6.07, 6.45) is 3.10. The summed E-state index contributed by atoms with van der Waals surface area (Å²) in [6, 6.07) is 5.19. The second kappa shape index (κ2) is 13.2. The molecule has 0 radical (unpaired) electrons. The van der Waals surface area contributed by atoms with E-state index in [2.05, 4.69) is 25.3 Å². The predicted octanol–water partition coefficient (Wildman–Crippen LogP) is 2.85. The molecule has 7 nitrogen and oxygen atoms in total. The van der Waals surface area contributed by atoms with Crippen LogP contribution in [0.5, 0.6) is 11.5 Å². The van der Waals surface area contributed by atoms with Crippen molar-refractivity contribution in [3.8, 4) is 11.5 Å². The first kappa shape index (κ1) is 24.1. The van der Waals surface area contributed by atoms with E-state index in [1.165, 1.54) is 13.2 Å². The molecule has 0 atom stereocenters. The van der Waals surface area contributed by atoms with Crippen molar-refractivity contribution in [2.24, 2.45) is 4.99 Å². The van der Waals surface area contributed by atoms with E-state index in [4.69, 9.17) is 9.47 Å². The maximum atomic E-state index is 12.8. The fourth-order valence-corrected chi connectivity index (χ4v) is 3.41. The fourth-order valence-electron chi connectivity index (χ4n) is 3.41. The first-order valence-corrected chi connectivity index (χ1v) is 10.4. The largest absolute Gasteiger partial charge is 0.497 e. The van der Waals surface area contributed by atoms with Gasteiger partial charge in [0.15, 0.2) is 5.96 Å². The van der Waals surface area contributed by atoms with Crippen LogP contribution in [0.2, 0.25) is 0 Å². The van der Waals surface area contributed by atoms with E-state index < -0.39 is 6.61 Å². The molecule has 0 aromatic heterocycles. The molecule has 1 heterocycles. The van der Waals surface area contributed by atoms with Crippen molar-refractivity contribution in [3.63, 3.8) is 0 Å². The van der Waals surface area contributed by atoms with Gasteiger partial charge in [0.2, 0.25) is 0 Å². The molecule has 170 valence electrons. The number of alkyl halides is 2. The standard InChI is InChI=1S/C21H34F2N4O3/c1-4-24-21(26-17-8-11-27(12-9-17)10-5-13-28-2)25-15-16-6-7-18(29-3)14-19(16)30-20(22)23/h6-7,14,17,20H,4-5,8-13,15H2,1-3H3,(H2,24,25,26). The summed E-state index contributed by atoms with van der Waals surface area (Å²) in [5.41, 5.74) is 0.571. The summed E-state index contributed by atoms with van der Waals surface area (Å²) in [7, 11) is 3.21. The number of halogens is 2. The lowest BCUT2D eigenvalue weighted by molar-refractivity contribution is -0.0505. The van der Waals surface area contributed by atoms with Crippen molar-refractivity contribution in [2.75, 3.05) is 47.0 Å². The highest BCUT2D eigenvalue weighted by atomic mass is 19.3. The molecule has 1 fully saturated rings. The number of benzene rings is 1. The maximum Gasteiger partial charge on any atom is 0.387 e. The van der Waals surface area contributed by atoms with Gasteiger partial charge in [-0.15, -0.1) is 0 Å². The Bertz CT molecular complexity index is 653. The Morgan fingerprint density at radius 2 is 2.03 bits per heavy atom. The second-order valence-corrected chi connectivity index (χ2v) is 7.15. The monoisotopic (exact) mass is 428 g/mol. The number of piperidine rings is 1. The molecule has 0 bridgehead atoms. The molecule has 30 heavy (non-hydrogen) atoms. The van der Waals surface area contributed by atoms with Crippen LogP contribution in [0.1, 0.15) is 31.7 Å². The van der Waals surface area contributed by atoms with Crippen LogP contribution in [0.15, 0.2) is 23.2 Å². The molecule has 1 aromatic rings. The Morgan fingerprint density at radius 1 is 1.27 bits per heavy atom. The van der Waals surface area contributed by atoms with Crippen LogP contribution in [-0.2, 0) is 11.3 Å². The van der Waals surface area contributed by atoms with Crippen molar-refractivity contribution in [1.82, 2.24) is 15.5 Å². The van der Waals surface area contributed by atoms with E-state index in [0.29, 0.717) is 29.9 Å². The van der Waals surface area contributed by atoms with Gasteiger partial charge in [-0.1, -0.05) is 0 Å². The van der Waals surface area contributed by atoms with E-state index in [9.17, 15) is 8.78 Å². The SMILES string of the molecule is CCNC(=NCc1ccc(OC)cc1OC(F)F)NC1CCN(CCCOC)CC1. The third kappa shape index (κ3) is 8.31. The van der Waals surface area contributed by atoms with Gasteiger partial charge in [-0.25, -0.2) is 4.99 Å². The number of ether oxygens (including phenoxy) is 3. The Kier molecular flexibility index (Phi) is 10.6. The van der Waals surface area contributed by atoms with Crippen LogP contribution in [0.25, 0.3) is 0 Å². The minimum Gasteiger partial charge on any atom is -0.497 e. The molecule has 0 aliphatic carbocycles. The normalized spacial score (nSPS) is 16.0. The third-order valence-electron chi connectivity index (χ3n) is 4.99. The van der Waals surface area contributed by atoms with Gasteiger partial charge in [0.05, 0.1) is 13.7 Å². The number of nitrogens with zero attached hydrogens (tertiary/aromatic N) is 2. The fraction of sp³-hybridized carbons (Fsp3) is 0.667. The summed E-state index contributed by atoms with van der Waals surface area (Å²) in [4.78, 5) is 7.03. The van der Waals surface area contributed by atoms with Gasteiger partial charge in [0.25, 0.3) is 0 Å². The first-order chi connectivity index (χ1) is 14.5. The molecule has 2 N–H and O–H groups in total. The Labute approximate surface area is 177 Å². The van der Waals surface area contributed by atoms with E-state index in [0.717, 1.165) is 45.5 Å². The predicted molar refractivity (Wildman–Crippen MR) is 114 cm³/mol. The minimum absolute atomic E-state index is 0.0771. The highest BCUT2D eigenvalue weighted by molar-refractivity contribution is 5.80. The second-order valence-electron chi connectivity index (χ2n) is 7.15. The van der Waals surface area contributed by atoms with Crippen molar-refractivity contribution in [2.45, 2.75) is 45.4 Å². The number of methoxy groups -OCH3 is 2. The van der Waals surface area contributed by atoms with Crippen LogP contribution in [0.4, 0.5) is 8.78 Å². The van der Waals surface area contributed by atoms with Gasteiger partial charge in [-0.2, -0.15) is 8.78 Å². The Hall–Kier alpha value is -2.13. The molecular formula is C21H34F2N4O3. The first-order valence-electron chi connectivity index (χ1n) is 10.4. The number of hydrogen-bond donors (Lipinski definition) is 2. The summed E-state index contributed by atoms with van der Waals surface area (Å²) in [5, 5.41) is 6.70. The number of likely N-dealkylation sites (tertiary alicyclic amines) is 1. The lowest BCUT2D eigenvalue weighted by Gasteiger charge is -2.33. The maximum absolute atomic E-state index is 12.8. The van der Waals surface area contributed by atoms with Gasteiger partial charge < -0.3 is 29.7 Å². The van der Waals surface area contributed by atoms with Crippen molar-refractivity contribution < 1.29 is 23.0 Å². The van der Waals surface area contributed by atoms with Gasteiger partial charge in [-0.3, -0.25) is 0 Å². The summed E-state index contributed by atoms with van der Waals surface area (Å²) < 4.78 is 40.4. The zero-order valence-electron chi connectivity index (χ0n) is 18.1. The van der Waals surface area contributed by atoms with Crippen molar-refractivity contribution >= 4 is 5.96 Å². The molecule has 1 aliphatic heterocycles. The number of hydrogen-bond acceptors (Lipinski definition) is 5. The topological polar surface area (TPSA) is 67.4 Å². The molecule has 1 aliphatic rings. The molecular weight excluding hydrogens is 394 g/mol. The van der Waals surface area contributed by atoms with E-state index in [1.54, 1.807) is 19.2 Å². The third-order valence-corrected chi connectivity index (χ3v) is 4.99. The van der Waals surface area contributed by atoms with E-state index in [-0.39, 0.29) is 12.3 Å². The van der Waals surface area contributed by atoms with Crippen LogP contribution < -0.4 is 20.1 Å². The molecule has 0 saturated carbocycles. The van der Waals surface area contributed by atoms with Gasteiger partial charge in [-0.05, 0) is 38.3 Å². The van der Waals surface area contributed by atoms with Crippen LogP contribution in [0.3, 0.4) is 0 Å². The molecule has 0 unspecified atom stereocenters. The van der Waals surface area contributed by atoms with Crippen LogP contribution in [0, 0.1) is 0 Å². The van der Waals surface area contributed by atoms with Crippen LogP contribution in [-0.4, -0.2) is 70.5 Å². The molecule has 1 aromatic carbocycles. The highest BCUT2D eigenvalue weighted by Crippen LogP contribution is 2.27. The quantitative estimate of drug-likeness (QED) is 0.321. The van der Waals surface area contributed by atoms with Crippen LogP contribution >= 0.6 is 0 Å². The number of rotatable bonds is 11. The Balaban J connectivity index is 1.95. The highest BCUT2D eigenvalue weighted by Gasteiger charge is 2.20. The average molecular weight is 429 g/mol. The number of guanidine groups is 1. The molecule has 9 heteroatoms. The molecule has 1 saturated heterocycles. The average Bonchev–Trinajstić information content (AvgIpc) is 2.73. The molecule has 0 amide bonds. The van der Waals surface area contributed by atoms with Crippen molar-refractivity contribution in [3.05, 3.63) is 23.8 Å². The van der Waals surface area contributed by atoms with Gasteiger partial charge >= 0.3 is 6.61 Å². The van der Waals surface area contributed by atoms with Crippen molar-refractivity contribution in [1.29, 1.82) is 0 Å². The summed E-state index contributed by atoms with van der Waals surface area (Å²) in [6.45, 7) is 3.94. The number of nitrogens with one attached hydrogen (secondary N) is 2. The summed E-state index contributed by atoms with van der Waals surface area (Å²) >= 11 is 0. The Morgan fingerprint density at radius 3 is 2.67 bits per heavy atom. The summed E-state index contributed by atoms with van der Waals surface area (Å²) in [5.74, 6) is 1.21. The molecule has 2 rings (SSSR count). The van der Waals surface area contributed by atoms with Gasteiger partial charge in [0, 0.05) is 57.6 Å². The van der Waals surface area contributed by atoms with Gasteiger partial charge in [0.1, 0.15) is 11.5 Å². The lowest BCUT2D eigenvalue weighted by atomic mass is 10.1. The van der Waals surface area contributed by atoms with E-state index in [1.807, 2.05) is 6.92 Å². The number of aliphatic imine (C=N–C) groups is 1. The molecule has 0 spiro atoms. The zero-order valence-corrected chi connectivity index (χ0v) is 18.1. The smallest absolute Gasteiger partial charge is 0.387 e.